The predicted molar refractivity (Wildman–Crippen MR) is 127 cm³/mol. The first-order valence-electron chi connectivity index (χ1n) is 8.80. The number of carbonyl (C=O) groups excluding carboxylic acids is 1. The number of amides is 1. The topological polar surface area (TPSA) is 88.7 Å². The van der Waals surface area contributed by atoms with Gasteiger partial charge in [0.2, 0.25) is 0 Å². The van der Waals surface area contributed by atoms with Crippen molar-refractivity contribution in [1.82, 2.24) is 10.6 Å². The molecule has 0 saturated heterocycles. The molecular weight excluding hydrogens is 487 g/mol. The zero-order valence-electron chi connectivity index (χ0n) is 15.9. The van der Waals surface area contributed by atoms with Crippen LogP contribution in [0, 0.1) is 0 Å². The minimum absolute atomic E-state index is 0. The van der Waals surface area contributed by atoms with E-state index >= 15 is 0 Å². The smallest absolute Gasteiger partial charge is 0.255 e. The zero-order chi connectivity index (χ0) is 19.3. The van der Waals surface area contributed by atoms with Crippen LogP contribution in [0.1, 0.15) is 5.56 Å². The molecule has 0 spiro atoms. The van der Waals surface area contributed by atoms with Gasteiger partial charge in [0.05, 0.1) is 0 Å². The molecule has 28 heavy (non-hydrogen) atoms. The number of nitrogens with two attached hydrogens (primary N) is 1. The molecule has 0 aliphatic heterocycles. The fraction of sp³-hybridized carbons (Fsp3) is 0.300. The molecule has 0 saturated carbocycles. The first-order valence-corrected chi connectivity index (χ1v) is 9.78. The lowest BCUT2D eigenvalue weighted by atomic mass is 10.1. The predicted octanol–water partition coefficient (Wildman–Crippen LogP) is 2.67. The summed E-state index contributed by atoms with van der Waals surface area (Å²) >= 11 is 1.81. The van der Waals surface area contributed by atoms with Crippen LogP contribution in [0.2, 0.25) is 0 Å². The van der Waals surface area contributed by atoms with E-state index in [2.05, 4.69) is 27.8 Å². The second-order valence-corrected chi connectivity index (χ2v) is 6.90. The SMILES string of the molecule is CN=C(NCCSc1ccccc1)NCCc1ccc(OCC(N)=O)cc1.I. The third kappa shape index (κ3) is 9.84. The Morgan fingerprint density at radius 2 is 1.75 bits per heavy atom. The molecule has 2 rings (SSSR count). The van der Waals surface area contributed by atoms with E-state index in [0.717, 1.165) is 31.2 Å². The summed E-state index contributed by atoms with van der Waals surface area (Å²) in [5.41, 5.74) is 6.23. The summed E-state index contributed by atoms with van der Waals surface area (Å²) in [6.45, 7) is 1.50. The van der Waals surface area contributed by atoms with E-state index in [1.165, 1.54) is 10.5 Å². The summed E-state index contributed by atoms with van der Waals surface area (Å²) in [5, 5.41) is 6.63. The molecule has 0 fully saturated rings. The van der Waals surface area contributed by atoms with Crippen LogP contribution in [0.25, 0.3) is 0 Å². The third-order valence-corrected chi connectivity index (χ3v) is 4.65. The largest absolute Gasteiger partial charge is 0.484 e. The minimum atomic E-state index is -0.482. The van der Waals surface area contributed by atoms with Crippen molar-refractivity contribution in [3.8, 4) is 5.75 Å². The van der Waals surface area contributed by atoms with Crippen molar-refractivity contribution >= 4 is 47.6 Å². The minimum Gasteiger partial charge on any atom is -0.484 e. The molecule has 6 nitrogen and oxygen atoms in total. The molecule has 8 heteroatoms. The van der Waals surface area contributed by atoms with E-state index in [4.69, 9.17) is 10.5 Å². The van der Waals surface area contributed by atoms with Gasteiger partial charge in [-0.1, -0.05) is 30.3 Å². The molecule has 0 aliphatic rings. The lowest BCUT2D eigenvalue weighted by molar-refractivity contribution is -0.119. The van der Waals surface area contributed by atoms with E-state index in [0.29, 0.717) is 5.75 Å². The number of primary amides is 1. The van der Waals surface area contributed by atoms with Gasteiger partial charge in [0.1, 0.15) is 5.75 Å². The Labute approximate surface area is 187 Å². The van der Waals surface area contributed by atoms with Gasteiger partial charge in [-0.05, 0) is 36.2 Å². The quantitative estimate of drug-likeness (QED) is 0.149. The van der Waals surface area contributed by atoms with E-state index in [1.807, 2.05) is 54.2 Å². The molecule has 152 valence electrons. The van der Waals surface area contributed by atoms with Gasteiger partial charge in [0.15, 0.2) is 12.6 Å². The number of aliphatic imine (C=N–C) groups is 1. The Balaban J connectivity index is 0.00000392. The van der Waals surface area contributed by atoms with Gasteiger partial charge in [-0.15, -0.1) is 35.7 Å². The molecule has 1 amide bonds. The maximum Gasteiger partial charge on any atom is 0.255 e. The van der Waals surface area contributed by atoms with E-state index in [-0.39, 0.29) is 30.6 Å². The van der Waals surface area contributed by atoms with Crippen molar-refractivity contribution in [3.05, 3.63) is 60.2 Å². The van der Waals surface area contributed by atoms with E-state index in [9.17, 15) is 4.79 Å². The number of nitrogens with zero attached hydrogens (tertiary/aromatic N) is 1. The molecule has 4 N–H and O–H groups in total. The lowest BCUT2D eigenvalue weighted by Gasteiger charge is -2.12. The molecule has 0 atom stereocenters. The van der Waals surface area contributed by atoms with Crippen LogP contribution in [0.15, 0.2) is 64.5 Å². The van der Waals surface area contributed by atoms with Gasteiger partial charge < -0.3 is 21.1 Å². The summed E-state index contributed by atoms with van der Waals surface area (Å²) in [6.07, 6.45) is 0.857. The Morgan fingerprint density at radius 1 is 1.07 bits per heavy atom. The molecule has 0 radical (unpaired) electrons. The Morgan fingerprint density at radius 3 is 2.39 bits per heavy atom. The Hall–Kier alpha value is -1.94. The highest BCUT2D eigenvalue weighted by Gasteiger charge is 2.01. The van der Waals surface area contributed by atoms with Gasteiger partial charge >= 0.3 is 0 Å². The highest BCUT2D eigenvalue weighted by atomic mass is 127. The van der Waals surface area contributed by atoms with E-state index in [1.54, 1.807) is 7.05 Å². The molecule has 0 bridgehead atoms. The number of guanidine groups is 1. The molecule has 2 aromatic carbocycles. The summed E-state index contributed by atoms with van der Waals surface area (Å²) in [5.74, 6) is 1.92. The lowest BCUT2D eigenvalue weighted by Crippen LogP contribution is -2.39. The zero-order valence-corrected chi connectivity index (χ0v) is 19.0. The van der Waals surface area contributed by atoms with Crippen LogP contribution < -0.4 is 21.1 Å². The summed E-state index contributed by atoms with van der Waals surface area (Å²) in [4.78, 5) is 16.2. The van der Waals surface area contributed by atoms with Crippen LogP contribution >= 0.6 is 35.7 Å². The fourth-order valence-corrected chi connectivity index (χ4v) is 3.10. The highest BCUT2D eigenvalue weighted by Crippen LogP contribution is 2.15. The van der Waals surface area contributed by atoms with Crippen molar-refractivity contribution in [2.24, 2.45) is 10.7 Å². The average molecular weight is 514 g/mol. The van der Waals surface area contributed by atoms with Crippen molar-refractivity contribution < 1.29 is 9.53 Å². The summed E-state index contributed by atoms with van der Waals surface area (Å²) in [7, 11) is 1.77. The number of halogens is 1. The first-order chi connectivity index (χ1) is 13.2. The number of hydrogen-bond donors (Lipinski definition) is 3. The molecule has 0 aliphatic carbocycles. The van der Waals surface area contributed by atoms with Gasteiger partial charge in [-0.3, -0.25) is 9.79 Å². The Bertz CT molecular complexity index is 727. The van der Waals surface area contributed by atoms with Gasteiger partial charge in [-0.25, -0.2) is 0 Å². The second-order valence-electron chi connectivity index (χ2n) is 5.74. The maximum absolute atomic E-state index is 10.7. The number of rotatable bonds is 10. The molecule has 0 unspecified atom stereocenters. The normalized spacial score (nSPS) is 10.7. The van der Waals surface area contributed by atoms with Crippen LogP contribution in [-0.2, 0) is 11.2 Å². The number of nitrogens with one attached hydrogen (secondary N) is 2. The van der Waals surface area contributed by atoms with E-state index < -0.39 is 5.91 Å². The van der Waals surface area contributed by atoms with Crippen LogP contribution in [0.3, 0.4) is 0 Å². The van der Waals surface area contributed by atoms with Crippen molar-refractivity contribution in [2.75, 3.05) is 32.5 Å². The summed E-state index contributed by atoms with van der Waals surface area (Å²) < 4.78 is 5.25. The maximum atomic E-state index is 10.7. The standard InChI is InChI=1S/C20H26N4O2S.HI/c1-22-20(24-13-14-27-18-5-3-2-4-6-18)23-12-11-16-7-9-17(10-8-16)26-15-19(21)25;/h2-10H,11-15H2,1H3,(H2,21,25)(H2,22,23,24);1H. The molecule has 0 aromatic heterocycles. The van der Waals surface area contributed by atoms with Crippen LogP contribution in [0.4, 0.5) is 0 Å². The van der Waals surface area contributed by atoms with Crippen LogP contribution in [0.5, 0.6) is 5.75 Å². The average Bonchev–Trinajstić information content (AvgIpc) is 2.70. The fourth-order valence-electron chi connectivity index (χ4n) is 2.31. The van der Waals surface area contributed by atoms with Crippen molar-refractivity contribution in [1.29, 1.82) is 0 Å². The molecular formula is C20H27IN4O2S. The number of ether oxygens (including phenoxy) is 1. The number of benzene rings is 2. The van der Waals surface area contributed by atoms with Crippen molar-refractivity contribution in [2.45, 2.75) is 11.3 Å². The first kappa shape index (κ1) is 24.1. The van der Waals surface area contributed by atoms with Crippen LogP contribution in [-0.4, -0.2) is 44.4 Å². The third-order valence-electron chi connectivity index (χ3n) is 3.64. The Kier molecular flexibility index (Phi) is 12.1. The number of carbonyl (C=O) groups is 1. The second kappa shape index (κ2) is 14.1. The number of hydrogen-bond acceptors (Lipinski definition) is 4. The summed E-state index contributed by atoms with van der Waals surface area (Å²) in [6, 6.07) is 18.0. The monoisotopic (exact) mass is 514 g/mol. The van der Waals surface area contributed by atoms with Gasteiger partial charge in [0.25, 0.3) is 5.91 Å². The number of thioether (sulfide) groups is 1. The van der Waals surface area contributed by atoms with Crippen molar-refractivity contribution in [3.63, 3.8) is 0 Å². The van der Waals surface area contributed by atoms with Gasteiger partial charge in [0, 0.05) is 30.8 Å². The molecule has 2 aromatic rings. The molecule has 0 heterocycles. The highest BCUT2D eigenvalue weighted by molar-refractivity contribution is 14.0. The van der Waals surface area contributed by atoms with Gasteiger partial charge in [-0.2, -0.15) is 0 Å².